The van der Waals surface area contributed by atoms with Crippen molar-refractivity contribution in [3.63, 3.8) is 0 Å². The van der Waals surface area contributed by atoms with Crippen LogP contribution in [0.15, 0.2) is 42.5 Å². The maximum atomic E-state index is 13.3. The molecule has 1 atom stereocenters. The number of hydrogen-bond donors (Lipinski definition) is 1. The second-order valence-corrected chi connectivity index (χ2v) is 11.0. The number of carbonyl (C=O) groups excluding carboxylic acids is 2. The number of nitrogens with zero attached hydrogens (tertiary/aromatic N) is 2. The molecule has 8 nitrogen and oxygen atoms in total. The van der Waals surface area contributed by atoms with Crippen LogP contribution >= 0.6 is 23.2 Å². The third-order valence-corrected chi connectivity index (χ3v) is 7.50. The molecule has 0 aliphatic carbocycles. The molecule has 36 heavy (non-hydrogen) atoms. The highest BCUT2D eigenvalue weighted by atomic mass is 35.5. The van der Waals surface area contributed by atoms with Gasteiger partial charge in [0.1, 0.15) is 11.8 Å². The first-order chi connectivity index (χ1) is 17.0. The average Bonchev–Trinajstić information content (AvgIpc) is 2.83. The first kappa shape index (κ1) is 29.7. The van der Waals surface area contributed by atoms with E-state index < -0.39 is 16.1 Å². The van der Waals surface area contributed by atoms with Crippen LogP contribution in [0, 0.1) is 0 Å². The van der Waals surface area contributed by atoms with E-state index in [1.54, 1.807) is 49.4 Å². The largest absolute Gasteiger partial charge is 0.495 e. The van der Waals surface area contributed by atoms with Crippen molar-refractivity contribution in [3.05, 3.63) is 58.1 Å². The first-order valence-electron chi connectivity index (χ1n) is 11.6. The van der Waals surface area contributed by atoms with E-state index in [-0.39, 0.29) is 37.7 Å². The molecule has 0 saturated carbocycles. The summed E-state index contributed by atoms with van der Waals surface area (Å²) in [4.78, 5) is 27.5. The van der Waals surface area contributed by atoms with Crippen LogP contribution in [0.3, 0.4) is 0 Å². The number of benzene rings is 2. The van der Waals surface area contributed by atoms with Gasteiger partial charge in [-0.05, 0) is 44.0 Å². The second kappa shape index (κ2) is 13.7. The molecule has 0 fully saturated rings. The standard InChI is InChI=1S/C25H33Cl2N3O5S/c1-5-15-28-25(32)18(2)29(17-19-20(26)10-8-11-21(19)27)24(31)14-9-16-30(36(4,33)34)22-12-6-7-13-23(22)35-3/h6-8,10-13,18H,5,9,14-17H2,1-4H3,(H,28,32). The zero-order valence-electron chi connectivity index (χ0n) is 21.0. The zero-order valence-corrected chi connectivity index (χ0v) is 23.3. The van der Waals surface area contributed by atoms with Gasteiger partial charge in [-0.15, -0.1) is 0 Å². The van der Waals surface area contributed by atoms with Crippen molar-refractivity contribution in [2.45, 2.75) is 45.7 Å². The number of para-hydroxylation sites is 2. The van der Waals surface area contributed by atoms with Crippen LogP contribution in [0.4, 0.5) is 5.69 Å². The van der Waals surface area contributed by atoms with E-state index in [9.17, 15) is 18.0 Å². The summed E-state index contributed by atoms with van der Waals surface area (Å²) >= 11 is 12.7. The van der Waals surface area contributed by atoms with Crippen molar-refractivity contribution in [2.24, 2.45) is 0 Å². The molecule has 0 aromatic heterocycles. The van der Waals surface area contributed by atoms with Crippen LogP contribution in [0.25, 0.3) is 0 Å². The van der Waals surface area contributed by atoms with Gasteiger partial charge in [-0.3, -0.25) is 13.9 Å². The highest BCUT2D eigenvalue weighted by Gasteiger charge is 2.28. The molecule has 0 bridgehead atoms. The monoisotopic (exact) mass is 557 g/mol. The van der Waals surface area contributed by atoms with Crippen molar-refractivity contribution < 1.29 is 22.7 Å². The van der Waals surface area contributed by atoms with Crippen LogP contribution in [0.5, 0.6) is 5.75 Å². The number of rotatable bonds is 13. The maximum absolute atomic E-state index is 13.3. The van der Waals surface area contributed by atoms with Gasteiger partial charge in [0.05, 0.1) is 19.1 Å². The number of halogens is 2. The summed E-state index contributed by atoms with van der Waals surface area (Å²) in [7, 11) is -2.18. The Morgan fingerprint density at radius 1 is 1.08 bits per heavy atom. The number of ether oxygens (including phenoxy) is 1. The van der Waals surface area contributed by atoms with Gasteiger partial charge in [-0.1, -0.05) is 48.3 Å². The minimum atomic E-state index is -3.64. The molecule has 0 aliphatic rings. The number of carbonyl (C=O) groups is 2. The van der Waals surface area contributed by atoms with Crippen molar-refractivity contribution in [3.8, 4) is 5.75 Å². The molecule has 0 aliphatic heterocycles. The molecule has 0 saturated heterocycles. The van der Waals surface area contributed by atoms with Crippen molar-refractivity contribution in [1.82, 2.24) is 10.2 Å². The second-order valence-electron chi connectivity index (χ2n) is 8.30. The molecule has 11 heteroatoms. The minimum Gasteiger partial charge on any atom is -0.495 e. The van der Waals surface area contributed by atoms with E-state index in [1.807, 2.05) is 6.92 Å². The summed E-state index contributed by atoms with van der Waals surface area (Å²) < 4.78 is 31.6. The number of sulfonamides is 1. The van der Waals surface area contributed by atoms with Crippen molar-refractivity contribution in [1.29, 1.82) is 0 Å². The molecule has 0 heterocycles. The lowest BCUT2D eigenvalue weighted by Crippen LogP contribution is -2.48. The normalized spacial score (nSPS) is 12.1. The lowest BCUT2D eigenvalue weighted by molar-refractivity contribution is -0.140. The van der Waals surface area contributed by atoms with Gasteiger partial charge in [0, 0.05) is 41.7 Å². The fourth-order valence-corrected chi connectivity index (χ4v) is 5.14. The maximum Gasteiger partial charge on any atom is 0.242 e. The summed E-state index contributed by atoms with van der Waals surface area (Å²) in [5.74, 6) is -0.204. The highest BCUT2D eigenvalue weighted by Crippen LogP contribution is 2.30. The van der Waals surface area contributed by atoms with Crippen LogP contribution < -0.4 is 14.4 Å². The molecule has 2 aromatic carbocycles. The lowest BCUT2D eigenvalue weighted by Gasteiger charge is -2.30. The Bertz CT molecular complexity index is 1140. The average molecular weight is 559 g/mol. The summed E-state index contributed by atoms with van der Waals surface area (Å²) in [6.45, 7) is 4.17. The smallest absolute Gasteiger partial charge is 0.242 e. The number of methoxy groups -OCH3 is 1. The molecule has 2 amide bonds. The predicted molar refractivity (Wildman–Crippen MR) is 144 cm³/mol. The molecule has 2 aromatic rings. The van der Waals surface area contributed by atoms with Gasteiger partial charge in [-0.2, -0.15) is 0 Å². The number of hydrogen-bond acceptors (Lipinski definition) is 5. The van der Waals surface area contributed by atoms with Gasteiger partial charge < -0.3 is 15.0 Å². The van der Waals surface area contributed by atoms with E-state index >= 15 is 0 Å². The van der Waals surface area contributed by atoms with E-state index in [2.05, 4.69) is 5.32 Å². The Morgan fingerprint density at radius 3 is 2.31 bits per heavy atom. The molecule has 0 spiro atoms. The Labute approximate surface area is 223 Å². The van der Waals surface area contributed by atoms with Gasteiger partial charge in [-0.25, -0.2) is 8.42 Å². The fraction of sp³-hybridized carbons (Fsp3) is 0.440. The minimum absolute atomic E-state index is 0.00857. The molecule has 2 rings (SSSR count). The Morgan fingerprint density at radius 2 is 1.72 bits per heavy atom. The molecule has 1 N–H and O–H groups in total. The molecule has 0 radical (unpaired) electrons. The number of anilines is 1. The lowest BCUT2D eigenvalue weighted by atomic mass is 10.1. The van der Waals surface area contributed by atoms with Crippen LogP contribution in [-0.2, 0) is 26.2 Å². The van der Waals surface area contributed by atoms with E-state index in [1.165, 1.54) is 16.3 Å². The Balaban J connectivity index is 2.24. The Kier molecular flexibility index (Phi) is 11.3. The SMILES string of the molecule is CCCNC(=O)C(C)N(Cc1c(Cl)cccc1Cl)C(=O)CCCN(c1ccccc1OC)S(C)(=O)=O. The topological polar surface area (TPSA) is 96.0 Å². The third-order valence-electron chi connectivity index (χ3n) is 5.61. The molecule has 198 valence electrons. The fourth-order valence-electron chi connectivity index (χ4n) is 3.65. The van der Waals surface area contributed by atoms with Crippen LogP contribution in [0.1, 0.15) is 38.7 Å². The van der Waals surface area contributed by atoms with Crippen molar-refractivity contribution >= 4 is 50.7 Å². The summed E-state index contributed by atoms with van der Waals surface area (Å²) in [6, 6.07) is 11.0. The number of amides is 2. The molecular formula is C25H33Cl2N3O5S. The Hall–Kier alpha value is -2.49. The summed E-state index contributed by atoms with van der Waals surface area (Å²) in [5, 5.41) is 3.59. The van der Waals surface area contributed by atoms with E-state index in [0.29, 0.717) is 33.6 Å². The van der Waals surface area contributed by atoms with Crippen molar-refractivity contribution in [2.75, 3.05) is 30.8 Å². The summed E-state index contributed by atoms with van der Waals surface area (Å²) in [6.07, 6.45) is 2.09. The first-order valence-corrected chi connectivity index (χ1v) is 14.2. The van der Waals surface area contributed by atoms with Gasteiger partial charge in [0.25, 0.3) is 0 Å². The van der Waals surface area contributed by atoms with Gasteiger partial charge in [0.2, 0.25) is 21.8 Å². The number of nitrogens with one attached hydrogen (secondary N) is 1. The quantitative estimate of drug-likeness (QED) is 0.391. The molecule has 1 unspecified atom stereocenters. The third kappa shape index (κ3) is 8.01. The van der Waals surface area contributed by atoms with Gasteiger partial charge >= 0.3 is 0 Å². The van der Waals surface area contributed by atoms with Crippen LogP contribution in [0.2, 0.25) is 10.0 Å². The zero-order chi connectivity index (χ0) is 26.9. The van der Waals surface area contributed by atoms with Gasteiger partial charge in [0.15, 0.2) is 0 Å². The highest BCUT2D eigenvalue weighted by molar-refractivity contribution is 7.92. The van der Waals surface area contributed by atoms with E-state index in [0.717, 1.165) is 12.7 Å². The summed E-state index contributed by atoms with van der Waals surface area (Å²) in [5.41, 5.74) is 0.929. The molecular weight excluding hydrogens is 525 g/mol. The predicted octanol–water partition coefficient (Wildman–Crippen LogP) is 4.49. The van der Waals surface area contributed by atoms with E-state index in [4.69, 9.17) is 27.9 Å². The van der Waals surface area contributed by atoms with Crippen LogP contribution in [-0.4, -0.2) is 57.6 Å².